The van der Waals surface area contributed by atoms with E-state index >= 15 is 0 Å². The summed E-state index contributed by atoms with van der Waals surface area (Å²) in [4.78, 5) is 13.2. The topological polar surface area (TPSA) is 26.3 Å². The zero-order valence-corrected chi connectivity index (χ0v) is 25.6. The van der Waals surface area contributed by atoms with E-state index in [1.54, 1.807) is 0 Å². The molecule has 0 aliphatic heterocycles. The standard InChI is InChI=1S/C34H68O2/c1-5-9-13-17-20-24-28-32(27-23-16-12-8-4)31-36-34(35)33(29-25-21-18-14-10-6-2)30-26-22-19-15-11-7-3/h32-33H,5-31H2,1-4H3. The van der Waals surface area contributed by atoms with E-state index in [2.05, 4.69) is 27.7 Å². The van der Waals surface area contributed by atoms with Gasteiger partial charge in [0.2, 0.25) is 0 Å². The minimum absolute atomic E-state index is 0.124. The van der Waals surface area contributed by atoms with Crippen molar-refractivity contribution in [2.24, 2.45) is 11.8 Å². The van der Waals surface area contributed by atoms with Crippen molar-refractivity contribution >= 4 is 5.97 Å². The van der Waals surface area contributed by atoms with Crippen molar-refractivity contribution in [3.63, 3.8) is 0 Å². The summed E-state index contributed by atoms with van der Waals surface area (Å²) >= 11 is 0. The third-order valence-electron chi connectivity index (χ3n) is 8.04. The van der Waals surface area contributed by atoms with Crippen LogP contribution < -0.4 is 0 Å². The van der Waals surface area contributed by atoms with Gasteiger partial charge in [-0.1, -0.05) is 169 Å². The molecule has 1 atom stereocenters. The molecule has 0 spiro atoms. The molecule has 0 aliphatic carbocycles. The largest absolute Gasteiger partial charge is 0.465 e. The molecule has 0 aliphatic rings. The first kappa shape index (κ1) is 35.5. The molecule has 1 unspecified atom stereocenters. The maximum absolute atomic E-state index is 13.2. The van der Waals surface area contributed by atoms with Gasteiger partial charge in [-0.3, -0.25) is 4.79 Å². The van der Waals surface area contributed by atoms with Gasteiger partial charge in [0, 0.05) is 0 Å². The molecule has 2 nitrogen and oxygen atoms in total. The maximum Gasteiger partial charge on any atom is 0.308 e. The molecule has 36 heavy (non-hydrogen) atoms. The SMILES string of the molecule is CCCCCCCCC(CCCCCC)COC(=O)C(CCCCCCCC)CCCCCCCC. The Morgan fingerprint density at radius 2 is 0.750 bits per heavy atom. The van der Waals surface area contributed by atoms with Crippen LogP contribution in [0.1, 0.15) is 195 Å². The quantitative estimate of drug-likeness (QED) is 0.0741. The number of hydrogen-bond donors (Lipinski definition) is 0. The van der Waals surface area contributed by atoms with Crippen LogP contribution in [-0.4, -0.2) is 12.6 Å². The first-order chi connectivity index (χ1) is 17.7. The van der Waals surface area contributed by atoms with Gasteiger partial charge in [-0.25, -0.2) is 0 Å². The Bertz CT molecular complexity index is 417. The summed E-state index contributed by atoms with van der Waals surface area (Å²) in [6, 6.07) is 0. The summed E-state index contributed by atoms with van der Waals surface area (Å²) in [7, 11) is 0. The Morgan fingerprint density at radius 3 is 1.14 bits per heavy atom. The molecular weight excluding hydrogens is 440 g/mol. The summed E-state index contributed by atoms with van der Waals surface area (Å²) in [5.41, 5.74) is 0. The highest BCUT2D eigenvalue weighted by Gasteiger charge is 2.21. The molecule has 0 aromatic heterocycles. The molecule has 0 heterocycles. The van der Waals surface area contributed by atoms with Gasteiger partial charge < -0.3 is 4.74 Å². The average Bonchev–Trinajstić information content (AvgIpc) is 2.89. The van der Waals surface area contributed by atoms with Gasteiger partial charge in [0.05, 0.1) is 12.5 Å². The summed E-state index contributed by atoms with van der Waals surface area (Å²) in [5.74, 6) is 0.830. The lowest BCUT2D eigenvalue weighted by Gasteiger charge is -2.20. The lowest BCUT2D eigenvalue weighted by atomic mass is 9.93. The van der Waals surface area contributed by atoms with Crippen molar-refractivity contribution in [3.8, 4) is 0 Å². The second kappa shape index (κ2) is 29.0. The highest BCUT2D eigenvalue weighted by molar-refractivity contribution is 5.72. The Balaban J connectivity index is 4.59. The van der Waals surface area contributed by atoms with E-state index in [9.17, 15) is 4.79 Å². The van der Waals surface area contributed by atoms with E-state index in [1.807, 2.05) is 0 Å². The number of rotatable bonds is 29. The van der Waals surface area contributed by atoms with E-state index in [0.717, 1.165) is 12.8 Å². The van der Waals surface area contributed by atoms with E-state index in [1.165, 1.54) is 154 Å². The van der Waals surface area contributed by atoms with Crippen LogP contribution in [0.4, 0.5) is 0 Å². The highest BCUT2D eigenvalue weighted by atomic mass is 16.5. The zero-order valence-electron chi connectivity index (χ0n) is 25.6. The molecule has 0 rings (SSSR count). The van der Waals surface area contributed by atoms with Crippen LogP contribution in [0.15, 0.2) is 0 Å². The molecule has 0 radical (unpaired) electrons. The van der Waals surface area contributed by atoms with Gasteiger partial charge in [-0.2, -0.15) is 0 Å². The predicted molar refractivity (Wildman–Crippen MR) is 161 cm³/mol. The van der Waals surface area contributed by atoms with Gasteiger partial charge in [-0.05, 0) is 31.6 Å². The van der Waals surface area contributed by atoms with E-state index in [4.69, 9.17) is 4.74 Å². The Morgan fingerprint density at radius 1 is 0.444 bits per heavy atom. The van der Waals surface area contributed by atoms with E-state index < -0.39 is 0 Å². The Hall–Kier alpha value is -0.530. The van der Waals surface area contributed by atoms with Crippen LogP contribution >= 0.6 is 0 Å². The third-order valence-corrected chi connectivity index (χ3v) is 8.04. The average molecular weight is 509 g/mol. The van der Waals surface area contributed by atoms with E-state index in [0.29, 0.717) is 12.5 Å². The van der Waals surface area contributed by atoms with Gasteiger partial charge >= 0.3 is 5.97 Å². The first-order valence-electron chi connectivity index (χ1n) is 16.9. The Labute approximate surface area is 228 Å². The van der Waals surface area contributed by atoms with Gasteiger partial charge in [0.25, 0.3) is 0 Å². The zero-order chi connectivity index (χ0) is 26.5. The van der Waals surface area contributed by atoms with Gasteiger partial charge in [0.15, 0.2) is 0 Å². The number of carbonyl (C=O) groups excluding carboxylic acids is 1. The molecule has 0 bridgehead atoms. The molecule has 0 fully saturated rings. The highest BCUT2D eigenvalue weighted by Crippen LogP contribution is 2.23. The van der Waals surface area contributed by atoms with Crippen LogP contribution in [0, 0.1) is 11.8 Å². The van der Waals surface area contributed by atoms with Crippen molar-refractivity contribution in [2.75, 3.05) is 6.61 Å². The predicted octanol–water partition coefficient (Wildman–Crippen LogP) is 12.0. The van der Waals surface area contributed by atoms with Crippen molar-refractivity contribution in [2.45, 2.75) is 195 Å². The molecular formula is C34H68O2. The fourth-order valence-corrected chi connectivity index (χ4v) is 5.42. The summed E-state index contributed by atoms with van der Waals surface area (Å²) in [5, 5.41) is 0. The molecule has 0 aromatic rings. The lowest BCUT2D eigenvalue weighted by molar-refractivity contribution is -0.150. The molecule has 2 heteroatoms. The number of esters is 1. The van der Waals surface area contributed by atoms with E-state index in [-0.39, 0.29) is 11.9 Å². The molecule has 0 saturated carbocycles. The normalized spacial score (nSPS) is 12.4. The van der Waals surface area contributed by atoms with Crippen molar-refractivity contribution in [1.29, 1.82) is 0 Å². The third kappa shape index (κ3) is 23.8. The fraction of sp³-hybridized carbons (Fsp3) is 0.971. The minimum atomic E-state index is 0.124. The van der Waals surface area contributed by atoms with Gasteiger partial charge in [-0.15, -0.1) is 0 Å². The number of unbranched alkanes of at least 4 members (excludes halogenated alkanes) is 18. The van der Waals surface area contributed by atoms with Crippen molar-refractivity contribution in [1.82, 2.24) is 0 Å². The lowest BCUT2D eigenvalue weighted by Crippen LogP contribution is -2.22. The second-order valence-corrected chi connectivity index (χ2v) is 11.7. The molecule has 0 aromatic carbocycles. The van der Waals surface area contributed by atoms with Crippen LogP contribution in [0.3, 0.4) is 0 Å². The molecule has 216 valence electrons. The van der Waals surface area contributed by atoms with Crippen molar-refractivity contribution in [3.05, 3.63) is 0 Å². The van der Waals surface area contributed by atoms with Crippen LogP contribution in [-0.2, 0) is 9.53 Å². The smallest absolute Gasteiger partial charge is 0.308 e. The molecule has 0 N–H and O–H groups in total. The summed E-state index contributed by atoms with van der Waals surface area (Å²) in [6.45, 7) is 9.78. The monoisotopic (exact) mass is 509 g/mol. The van der Waals surface area contributed by atoms with Crippen molar-refractivity contribution < 1.29 is 9.53 Å². The van der Waals surface area contributed by atoms with Crippen LogP contribution in [0.2, 0.25) is 0 Å². The number of ether oxygens (including phenoxy) is 1. The fourth-order valence-electron chi connectivity index (χ4n) is 5.42. The molecule has 0 saturated heterocycles. The summed E-state index contributed by atoms with van der Waals surface area (Å²) in [6.07, 6.45) is 33.5. The Kier molecular flexibility index (Phi) is 28.6. The molecule has 0 amide bonds. The minimum Gasteiger partial charge on any atom is -0.465 e. The maximum atomic E-state index is 13.2. The first-order valence-corrected chi connectivity index (χ1v) is 16.9. The van der Waals surface area contributed by atoms with Crippen LogP contribution in [0.25, 0.3) is 0 Å². The number of hydrogen-bond acceptors (Lipinski definition) is 2. The second-order valence-electron chi connectivity index (χ2n) is 11.7. The summed E-state index contributed by atoms with van der Waals surface area (Å²) < 4.78 is 6.07. The van der Waals surface area contributed by atoms with Crippen LogP contribution in [0.5, 0.6) is 0 Å². The number of carbonyl (C=O) groups is 1. The van der Waals surface area contributed by atoms with Gasteiger partial charge in [0.1, 0.15) is 0 Å².